The predicted molar refractivity (Wildman–Crippen MR) is 72.3 cm³/mol. The van der Waals surface area contributed by atoms with Crippen LogP contribution in [0.25, 0.3) is 0 Å². The number of nitrogens with zero attached hydrogens (tertiary/aromatic N) is 1. The summed E-state index contributed by atoms with van der Waals surface area (Å²) in [6, 6.07) is 0.625. The summed E-state index contributed by atoms with van der Waals surface area (Å²) in [5, 5.41) is 4.68. The average molecular weight is 293 g/mol. The molecule has 1 heterocycles. The van der Waals surface area contributed by atoms with Gasteiger partial charge in [0.2, 0.25) is 0 Å². The van der Waals surface area contributed by atoms with E-state index in [1.807, 2.05) is 0 Å². The lowest BCUT2D eigenvalue weighted by Crippen LogP contribution is -2.48. The maximum absolute atomic E-state index is 5.77. The molecule has 2 atom stereocenters. The second kappa shape index (κ2) is 8.45. The van der Waals surface area contributed by atoms with Crippen LogP contribution < -0.4 is 5.32 Å². The molecule has 16 heavy (non-hydrogen) atoms. The number of hydrogen-bond acceptors (Lipinski definition) is 3. The van der Waals surface area contributed by atoms with E-state index < -0.39 is 0 Å². The summed E-state index contributed by atoms with van der Waals surface area (Å²) in [6.45, 7) is 9.63. The number of halogens is 1. The van der Waals surface area contributed by atoms with Crippen molar-refractivity contribution in [3.8, 4) is 0 Å². The van der Waals surface area contributed by atoms with Gasteiger partial charge in [0, 0.05) is 31.0 Å². The van der Waals surface area contributed by atoms with Crippen LogP contribution in [0.3, 0.4) is 0 Å². The topological polar surface area (TPSA) is 24.5 Å². The van der Waals surface area contributed by atoms with E-state index in [9.17, 15) is 0 Å². The molecule has 0 aliphatic carbocycles. The molecular weight excluding hydrogens is 268 g/mol. The van der Waals surface area contributed by atoms with Crippen LogP contribution in [0.2, 0.25) is 0 Å². The fourth-order valence-electron chi connectivity index (χ4n) is 2.07. The Hall–Kier alpha value is 0.360. The standard InChI is InChI=1S/C12H25BrN2O/c1-3-11(5-6-13)14-9-12-10-15(4-2)7-8-16-12/h11-12,14H,3-10H2,1-2H3. The molecule has 0 bridgehead atoms. The lowest BCUT2D eigenvalue weighted by molar-refractivity contribution is -0.0264. The van der Waals surface area contributed by atoms with Crippen LogP contribution in [0.4, 0.5) is 0 Å². The summed E-state index contributed by atoms with van der Waals surface area (Å²) in [7, 11) is 0. The minimum absolute atomic E-state index is 0.373. The lowest BCUT2D eigenvalue weighted by Gasteiger charge is -2.33. The zero-order chi connectivity index (χ0) is 11.8. The highest BCUT2D eigenvalue weighted by molar-refractivity contribution is 9.09. The molecule has 1 N–H and O–H groups in total. The van der Waals surface area contributed by atoms with E-state index in [0.29, 0.717) is 12.1 Å². The molecule has 0 amide bonds. The van der Waals surface area contributed by atoms with E-state index in [1.165, 1.54) is 12.8 Å². The van der Waals surface area contributed by atoms with Crippen LogP contribution in [0.15, 0.2) is 0 Å². The summed E-state index contributed by atoms with van der Waals surface area (Å²) >= 11 is 3.50. The van der Waals surface area contributed by atoms with E-state index in [4.69, 9.17) is 4.74 Å². The Balaban J connectivity index is 2.20. The number of rotatable bonds is 7. The number of hydrogen-bond donors (Lipinski definition) is 1. The minimum atomic E-state index is 0.373. The first-order chi connectivity index (χ1) is 7.80. The van der Waals surface area contributed by atoms with Crippen molar-refractivity contribution in [2.45, 2.75) is 38.8 Å². The van der Waals surface area contributed by atoms with Crippen molar-refractivity contribution in [3.63, 3.8) is 0 Å². The first kappa shape index (κ1) is 14.4. The van der Waals surface area contributed by atoms with E-state index >= 15 is 0 Å². The van der Waals surface area contributed by atoms with Crippen LogP contribution in [0.5, 0.6) is 0 Å². The molecule has 2 unspecified atom stereocenters. The zero-order valence-corrected chi connectivity index (χ0v) is 12.1. The van der Waals surface area contributed by atoms with Gasteiger partial charge >= 0.3 is 0 Å². The third kappa shape index (κ3) is 5.13. The monoisotopic (exact) mass is 292 g/mol. The number of morpholine rings is 1. The van der Waals surface area contributed by atoms with E-state index in [1.54, 1.807) is 0 Å². The van der Waals surface area contributed by atoms with Gasteiger partial charge in [-0.1, -0.05) is 29.8 Å². The summed E-state index contributed by atoms with van der Waals surface area (Å²) in [6.07, 6.45) is 2.76. The number of alkyl halides is 1. The Morgan fingerprint density at radius 3 is 2.94 bits per heavy atom. The molecule has 1 saturated heterocycles. The van der Waals surface area contributed by atoms with Crippen LogP contribution >= 0.6 is 15.9 Å². The van der Waals surface area contributed by atoms with Crippen LogP contribution in [0.1, 0.15) is 26.7 Å². The van der Waals surface area contributed by atoms with Crippen LogP contribution in [-0.4, -0.2) is 55.2 Å². The van der Waals surface area contributed by atoms with Gasteiger partial charge in [-0.15, -0.1) is 0 Å². The lowest BCUT2D eigenvalue weighted by atomic mass is 10.1. The third-order valence-corrected chi connectivity index (χ3v) is 3.71. The fourth-order valence-corrected chi connectivity index (χ4v) is 2.62. The minimum Gasteiger partial charge on any atom is -0.374 e. The molecule has 0 aromatic rings. The summed E-state index contributed by atoms with van der Waals surface area (Å²) in [5.41, 5.74) is 0. The van der Waals surface area contributed by atoms with Gasteiger partial charge in [-0.3, -0.25) is 4.90 Å². The Morgan fingerprint density at radius 1 is 1.50 bits per heavy atom. The summed E-state index contributed by atoms with van der Waals surface area (Å²) in [4.78, 5) is 2.46. The molecule has 0 spiro atoms. The van der Waals surface area contributed by atoms with Gasteiger partial charge < -0.3 is 10.1 Å². The molecule has 0 radical (unpaired) electrons. The number of nitrogens with one attached hydrogen (secondary N) is 1. The molecule has 0 aromatic carbocycles. The smallest absolute Gasteiger partial charge is 0.0826 e. The number of ether oxygens (including phenoxy) is 1. The fraction of sp³-hybridized carbons (Fsp3) is 1.00. The van der Waals surface area contributed by atoms with Gasteiger partial charge in [-0.2, -0.15) is 0 Å². The largest absolute Gasteiger partial charge is 0.374 e. The third-order valence-electron chi connectivity index (χ3n) is 3.25. The molecule has 1 aliphatic rings. The summed E-state index contributed by atoms with van der Waals surface area (Å²) in [5.74, 6) is 0. The molecule has 0 aromatic heterocycles. The molecule has 1 rings (SSSR count). The summed E-state index contributed by atoms with van der Waals surface area (Å²) < 4.78 is 5.77. The Bertz CT molecular complexity index is 180. The van der Waals surface area contributed by atoms with Crippen molar-refractivity contribution in [2.75, 3.05) is 38.1 Å². The molecule has 0 saturated carbocycles. The predicted octanol–water partition coefficient (Wildman–Crippen LogP) is 1.86. The average Bonchev–Trinajstić information content (AvgIpc) is 2.34. The highest BCUT2D eigenvalue weighted by Gasteiger charge is 2.19. The van der Waals surface area contributed by atoms with Crippen LogP contribution in [-0.2, 0) is 4.74 Å². The maximum atomic E-state index is 5.77. The zero-order valence-electron chi connectivity index (χ0n) is 10.5. The van der Waals surface area contributed by atoms with Gasteiger partial charge in [0.15, 0.2) is 0 Å². The van der Waals surface area contributed by atoms with Crippen molar-refractivity contribution in [2.24, 2.45) is 0 Å². The van der Waals surface area contributed by atoms with E-state index in [-0.39, 0.29) is 0 Å². The van der Waals surface area contributed by atoms with Gasteiger partial charge in [0.1, 0.15) is 0 Å². The van der Waals surface area contributed by atoms with Gasteiger partial charge in [0.05, 0.1) is 12.7 Å². The first-order valence-electron chi connectivity index (χ1n) is 6.43. The van der Waals surface area contributed by atoms with E-state index in [2.05, 4.69) is 40.0 Å². The Labute approximate surface area is 108 Å². The second-order valence-electron chi connectivity index (χ2n) is 4.38. The second-order valence-corrected chi connectivity index (χ2v) is 5.17. The maximum Gasteiger partial charge on any atom is 0.0826 e. The molecular formula is C12H25BrN2O. The van der Waals surface area contributed by atoms with Crippen molar-refractivity contribution < 1.29 is 4.74 Å². The van der Waals surface area contributed by atoms with Crippen LogP contribution in [0, 0.1) is 0 Å². The van der Waals surface area contributed by atoms with Crippen molar-refractivity contribution >= 4 is 15.9 Å². The number of likely N-dealkylation sites (N-methyl/N-ethyl adjacent to an activating group) is 1. The normalized spacial score (nSPS) is 24.6. The van der Waals surface area contributed by atoms with Gasteiger partial charge in [-0.05, 0) is 19.4 Å². The van der Waals surface area contributed by atoms with Crippen molar-refractivity contribution in [1.29, 1.82) is 0 Å². The molecule has 3 nitrogen and oxygen atoms in total. The van der Waals surface area contributed by atoms with E-state index in [0.717, 1.165) is 38.1 Å². The van der Waals surface area contributed by atoms with Crippen molar-refractivity contribution in [1.82, 2.24) is 10.2 Å². The highest BCUT2D eigenvalue weighted by Crippen LogP contribution is 2.06. The Morgan fingerprint density at radius 2 is 2.31 bits per heavy atom. The van der Waals surface area contributed by atoms with Gasteiger partial charge in [0.25, 0.3) is 0 Å². The highest BCUT2D eigenvalue weighted by atomic mass is 79.9. The van der Waals surface area contributed by atoms with Crippen molar-refractivity contribution in [3.05, 3.63) is 0 Å². The SMILES string of the molecule is CCC(CCBr)NCC1CN(CC)CCO1. The Kier molecular flexibility index (Phi) is 7.62. The quantitative estimate of drug-likeness (QED) is 0.725. The molecule has 1 aliphatic heterocycles. The van der Waals surface area contributed by atoms with Gasteiger partial charge in [-0.25, -0.2) is 0 Å². The molecule has 1 fully saturated rings. The first-order valence-corrected chi connectivity index (χ1v) is 7.55. The molecule has 96 valence electrons. The molecule has 4 heteroatoms.